The maximum absolute atomic E-state index is 13.1. The molecule has 2 aromatic rings. The highest BCUT2D eigenvalue weighted by atomic mass is 16.5. The third-order valence-electron chi connectivity index (χ3n) is 4.72. The van der Waals surface area contributed by atoms with Crippen LogP contribution in [0.2, 0.25) is 0 Å². The molecule has 0 atom stereocenters. The summed E-state index contributed by atoms with van der Waals surface area (Å²) in [5.74, 6) is 1.94. The summed E-state index contributed by atoms with van der Waals surface area (Å²) < 4.78 is 22.0. The van der Waals surface area contributed by atoms with Crippen molar-refractivity contribution in [1.29, 1.82) is 0 Å². The molecule has 0 unspecified atom stereocenters. The second-order valence-corrected chi connectivity index (χ2v) is 7.02. The summed E-state index contributed by atoms with van der Waals surface area (Å²) in [5.41, 5.74) is 2.31. The molecule has 0 fully saturated rings. The molecular weight excluding hydrogens is 374 g/mol. The number of allylic oxidation sites excluding steroid dienone is 1. The zero-order valence-corrected chi connectivity index (χ0v) is 17.5. The van der Waals surface area contributed by atoms with Crippen molar-refractivity contribution < 1.29 is 28.8 Å². The molecular formula is C22H25NO6. The van der Waals surface area contributed by atoms with Gasteiger partial charge in [0, 0.05) is 18.2 Å². The molecule has 29 heavy (non-hydrogen) atoms. The van der Waals surface area contributed by atoms with Crippen LogP contribution in [0.25, 0.3) is 6.08 Å². The summed E-state index contributed by atoms with van der Waals surface area (Å²) in [6.45, 7) is 2.22. The van der Waals surface area contributed by atoms with Gasteiger partial charge < -0.3 is 29.0 Å². The van der Waals surface area contributed by atoms with E-state index >= 15 is 0 Å². The molecule has 0 spiro atoms. The first-order chi connectivity index (χ1) is 13.8. The second kappa shape index (κ2) is 8.05. The van der Waals surface area contributed by atoms with E-state index < -0.39 is 0 Å². The number of aryl methyl sites for hydroxylation is 1. The van der Waals surface area contributed by atoms with Crippen LogP contribution in [-0.2, 0) is 6.54 Å². The number of hydrogen-bond acceptors (Lipinski definition) is 7. The lowest BCUT2D eigenvalue weighted by Crippen LogP contribution is -2.12. The van der Waals surface area contributed by atoms with Crippen molar-refractivity contribution >= 4 is 11.9 Å². The molecule has 7 nitrogen and oxygen atoms in total. The first-order valence-corrected chi connectivity index (χ1v) is 9.05. The van der Waals surface area contributed by atoms with Gasteiger partial charge in [-0.25, -0.2) is 0 Å². The van der Waals surface area contributed by atoms with Crippen LogP contribution >= 0.6 is 0 Å². The predicted molar refractivity (Wildman–Crippen MR) is 109 cm³/mol. The third kappa shape index (κ3) is 3.73. The van der Waals surface area contributed by atoms with Gasteiger partial charge >= 0.3 is 0 Å². The molecule has 0 aromatic heterocycles. The van der Waals surface area contributed by atoms with Crippen molar-refractivity contribution in [3.8, 4) is 28.7 Å². The molecule has 154 valence electrons. The highest BCUT2D eigenvalue weighted by molar-refractivity contribution is 6.16. The van der Waals surface area contributed by atoms with Gasteiger partial charge in [-0.3, -0.25) is 4.79 Å². The molecule has 1 heterocycles. The largest absolute Gasteiger partial charge is 0.507 e. The molecule has 1 N–H and O–H groups in total. The Labute approximate surface area is 170 Å². The summed E-state index contributed by atoms with van der Waals surface area (Å²) in [6, 6.07) is 5.00. The Kier molecular flexibility index (Phi) is 5.70. The summed E-state index contributed by atoms with van der Waals surface area (Å²) in [7, 11) is 8.37. The summed E-state index contributed by atoms with van der Waals surface area (Å²) in [6.07, 6.45) is 1.61. The number of Topliss-reactive ketones (excluding diaryl/α,β-unsaturated/α-hetero) is 1. The van der Waals surface area contributed by atoms with Gasteiger partial charge in [0.15, 0.2) is 17.3 Å². The topological polar surface area (TPSA) is 77.5 Å². The van der Waals surface area contributed by atoms with E-state index in [2.05, 4.69) is 0 Å². The van der Waals surface area contributed by atoms with Crippen LogP contribution in [0.3, 0.4) is 0 Å². The molecule has 3 rings (SSSR count). The van der Waals surface area contributed by atoms with Gasteiger partial charge in [0.25, 0.3) is 0 Å². The van der Waals surface area contributed by atoms with E-state index in [9.17, 15) is 9.90 Å². The lowest BCUT2D eigenvalue weighted by atomic mass is 9.99. The van der Waals surface area contributed by atoms with Crippen molar-refractivity contribution in [2.45, 2.75) is 13.5 Å². The standard InChI is InChI=1S/C22H25NO6/c1-12-7-15(24)14(11-23(2)3)22-20(12)21(25)19(29-22)9-13-8-17(27-5)18(28-6)10-16(13)26-4/h7-10,24H,11H2,1-6H3/b19-9-. The summed E-state index contributed by atoms with van der Waals surface area (Å²) in [4.78, 5) is 15.0. The summed E-state index contributed by atoms with van der Waals surface area (Å²) in [5, 5.41) is 10.4. The number of aromatic hydroxyl groups is 1. The van der Waals surface area contributed by atoms with E-state index in [-0.39, 0.29) is 17.3 Å². The van der Waals surface area contributed by atoms with Crippen molar-refractivity contribution in [2.24, 2.45) is 0 Å². The Morgan fingerprint density at radius 3 is 2.24 bits per heavy atom. The van der Waals surface area contributed by atoms with Gasteiger partial charge in [0.2, 0.25) is 5.78 Å². The number of phenols is 1. The highest BCUT2D eigenvalue weighted by Gasteiger charge is 2.33. The Hall–Kier alpha value is -3.19. The van der Waals surface area contributed by atoms with Crippen LogP contribution in [0.4, 0.5) is 0 Å². The zero-order chi connectivity index (χ0) is 21.3. The fraction of sp³-hybridized carbons (Fsp3) is 0.318. The smallest absolute Gasteiger partial charge is 0.232 e. The SMILES string of the molecule is COc1cc(OC)c(OC)cc1/C=C1\Oc2c(CN(C)C)c(O)cc(C)c2C1=O. The monoisotopic (exact) mass is 399 g/mol. The maximum atomic E-state index is 13.1. The Bertz CT molecular complexity index is 994. The first kappa shape index (κ1) is 20.5. The second-order valence-electron chi connectivity index (χ2n) is 7.02. The van der Waals surface area contributed by atoms with Gasteiger partial charge in [-0.15, -0.1) is 0 Å². The van der Waals surface area contributed by atoms with E-state index in [1.807, 2.05) is 19.0 Å². The highest BCUT2D eigenvalue weighted by Crippen LogP contribution is 2.43. The van der Waals surface area contributed by atoms with Crippen molar-refractivity contribution in [3.63, 3.8) is 0 Å². The van der Waals surface area contributed by atoms with E-state index in [1.54, 1.807) is 31.2 Å². The fourth-order valence-electron chi connectivity index (χ4n) is 3.36. The van der Waals surface area contributed by atoms with Gasteiger partial charge in [-0.05, 0) is 44.8 Å². The number of ketones is 1. The number of ether oxygens (including phenoxy) is 4. The number of hydrogen-bond donors (Lipinski definition) is 1. The third-order valence-corrected chi connectivity index (χ3v) is 4.72. The zero-order valence-electron chi connectivity index (χ0n) is 17.5. The van der Waals surface area contributed by atoms with Crippen LogP contribution in [0.1, 0.15) is 27.0 Å². The van der Waals surface area contributed by atoms with E-state index in [1.165, 1.54) is 21.3 Å². The van der Waals surface area contributed by atoms with Gasteiger partial charge in [-0.1, -0.05) is 0 Å². The lowest BCUT2D eigenvalue weighted by molar-refractivity contribution is 0.101. The van der Waals surface area contributed by atoms with Crippen LogP contribution in [-0.4, -0.2) is 51.2 Å². The molecule has 7 heteroatoms. The molecule has 1 aliphatic heterocycles. The van der Waals surface area contributed by atoms with E-state index in [4.69, 9.17) is 18.9 Å². The van der Waals surface area contributed by atoms with Crippen LogP contribution < -0.4 is 18.9 Å². The van der Waals surface area contributed by atoms with Crippen molar-refractivity contribution in [2.75, 3.05) is 35.4 Å². The number of methoxy groups -OCH3 is 3. The normalized spacial score (nSPS) is 14.2. The minimum Gasteiger partial charge on any atom is -0.507 e. The molecule has 0 saturated heterocycles. The van der Waals surface area contributed by atoms with E-state index in [0.717, 1.165) is 0 Å². The van der Waals surface area contributed by atoms with Gasteiger partial charge in [0.1, 0.15) is 17.2 Å². The first-order valence-electron chi connectivity index (χ1n) is 9.05. The molecule has 1 aliphatic rings. The number of fused-ring (bicyclic) bond motifs is 1. The fourth-order valence-corrected chi connectivity index (χ4v) is 3.36. The number of rotatable bonds is 6. The minimum atomic E-state index is -0.241. The lowest BCUT2D eigenvalue weighted by Gasteiger charge is -2.15. The number of carbonyl (C=O) groups is 1. The van der Waals surface area contributed by atoms with Crippen molar-refractivity contribution in [1.82, 2.24) is 4.90 Å². The molecule has 0 amide bonds. The van der Waals surface area contributed by atoms with Crippen LogP contribution in [0, 0.1) is 6.92 Å². The maximum Gasteiger partial charge on any atom is 0.232 e. The van der Waals surface area contributed by atoms with E-state index in [0.29, 0.717) is 51.8 Å². The number of benzene rings is 2. The average Bonchev–Trinajstić information content (AvgIpc) is 3.01. The number of phenolic OH excluding ortho intramolecular Hbond substituents is 1. The molecule has 0 saturated carbocycles. The Morgan fingerprint density at radius 1 is 1.03 bits per heavy atom. The van der Waals surface area contributed by atoms with Crippen LogP contribution in [0.5, 0.6) is 28.7 Å². The molecule has 2 aromatic carbocycles. The van der Waals surface area contributed by atoms with Gasteiger partial charge in [-0.2, -0.15) is 0 Å². The van der Waals surface area contributed by atoms with Crippen LogP contribution in [0.15, 0.2) is 24.0 Å². The molecule has 0 aliphatic carbocycles. The average molecular weight is 399 g/mol. The minimum absolute atomic E-state index is 0.104. The Morgan fingerprint density at radius 2 is 1.66 bits per heavy atom. The Balaban J connectivity index is 2.11. The number of nitrogens with zero attached hydrogens (tertiary/aromatic N) is 1. The number of carbonyl (C=O) groups excluding carboxylic acids is 1. The quantitative estimate of drug-likeness (QED) is 0.746. The predicted octanol–water partition coefficient (Wildman–Crippen LogP) is 3.40. The molecule has 0 bridgehead atoms. The van der Waals surface area contributed by atoms with Crippen molar-refractivity contribution in [3.05, 3.63) is 46.2 Å². The summed E-state index contributed by atoms with van der Waals surface area (Å²) >= 11 is 0. The molecule has 0 radical (unpaired) electrons. The van der Waals surface area contributed by atoms with Gasteiger partial charge in [0.05, 0.1) is 32.5 Å².